The van der Waals surface area contributed by atoms with Crippen molar-refractivity contribution >= 4 is 34.6 Å². The predicted octanol–water partition coefficient (Wildman–Crippen LogP) is 4.12. The molecule has 0 radical (unpaired) electrons. The Balaban J connectivity index is 2.31. The zero-order valence-electron chi connectivity index (χ0n) is 15.8. The summed E-state index contributed by atoms with van der Waals surface area (Å²) in [4.78, 5) is 12.9. The molecule has 1 unspecified atom stereocenters. The van der Waals surface area contributed by atoms with Crippen LogP contribution in [0.15, 0.2) is 91.0 Å². The van der Waals surface area contributed by atoms with Crippen molar-refractivity contribution in [1.82, 2.24) is 0 Å². The number of hydrogen-bond acceptors (Lipinski definition) is 2. The Morgan fingerprint density at radius 1 is 0.815 bits per heavy atom. The van der Waals surface area contributed by atoms with Crippen LogP contribution in [0.2, 0.25) is 0 Å². The van der Waals surface area contributed by atoms with Crippen LogP contribution in [-0.4, -0.2) is 17.9 Å². The number of hydrogen-bond donors (Lipinski definition) is 0. The van der Waals surface area contributed by atoms with Gasteiger partial charge in [0, 0.05) is 5.80 Å². The van der Waals surface area contributed by atoms with Crippen molar-refractivity contribution in [3.8, 4) is 0 Å². The molecule has 0 saturated carbocycles. The van der Waals surface area contributed by atoms with E-state index in [0.29, 0.717) is 0 Å². The zero-order valence-corrected chi connectivity index (χ0v) is 16.7. The summed E-state index contributed by atoms with van der Waals surface area (Å²) in [6.45, 7) is 1.67. The van der Waals surface area contributed by atoms with Crippen LogP contribution in [-0.2, 0) is 9.53 Å². The fraction of sp³-hybridized carbons (Fsp3) is 0.167. The summed E-state index contributed by atoms with van der Waals surface area (Å²) in [6, 6.07) is 30.9. The van der Waals surface area contributed by atoms with Crippen LogP contribution in [0, 0.1) is 0 Å². The summed E-state index contributed by atoms with van der Waals surface area (Å²) in [5.41, 5.74) is 0. The van der Waals surface area contributed by atoms with E-state index >= 15 is 0 Å². The van der Waals surface area contributed by atoms with Gasteiger partial charge in [0.25, 0.3) is 0 Å². The Hall–Kier alpha value is -2.57. The maximum absolute atomic E-state index is 12.9. The highest BCUT2D eigenvalue weighted by molar-refractivity contribution is 7.95. The van der Waals surface area contributed by atoms with Gasteiger partial charge in [-0.25, -0.2) is 4.79 Å². The number of carbonyl (C=O) groups is 1. The Morgan fingerprint density at radius 2 is 1.19 bits per heavy atom. The molecule has 138 valence electrons. The zero-order chi connectivity index (χ0) is 19.1. The molecule has 27 heavy (non-hydrogen) atoms. The van der Waals surface area contributed by atoms with Crippen LogP contribution in [0.3, 0.4) is 0 Å². The fourth-order valence-corrected chi connectivity index (χ4v) is 6.78. The molecule has 0 spiro atoms. The van der Waals surface area contributed by atoms with Crippen LogP contribution in [0.1, 0.15) is 20.3 Å². The first-order chi connectivity index (χ1) is 13.2. The third kappa shape index (κ3) is 4.23. The highest BCUT2D eigenvalue weighted by Gasteiger charge is 2.27. The predicted molar refractivity (Wildman–Crippen MR) is 117 cm³/mol. The molecule has 3 rings (SSSR count). The first kappa shape index (κ1) is 19.2. The van der Waals surface area contributed by atoms with Crippen molar-refractivity contribution in [3.63, 3.8) is 0 Å². The lowest BCUT2D eigenvalue weighted by Gasteiger charge is -2.28. The maximum Gasteiger partial charge on any atom is 0.332 e. The average Bonchev–Trinajstić information content (AvgIpc) is 2.74. The van der Waals surface area contributed by atoms with Gasteiger partial charge >= 0.3 is 5.97 Å². The van der Waals surface area contributed by atoms with Crippen LogP contribution >= 0.6 is 6.89 Å². The van der Waals surface area contributed by atoms with Gasteiger partial charge in [-0.3, -0.25) is 0 Å². The molecule has 0 aliphatic carbocycles. The summed E-state index contributed by atoms with van der Waals surface area (Å²) >= 11 is 0. The van der Waals surface area contributed by atoms with E-state index in [9.17, 15) is 4.79 Å². The van der Waals surface area contributed by atoms with E-state index in [2.05, 4.69) is 36.4 Å². The monoisotopic (exact) mass is 376 g/mol. The Morgan fingerprint density at radius 3 is 1.52 bits per heavy atom. The third-order valence-electron chi connectivity index (χ3n) is 4.68. The number of rotatable bonds is 6. The Kier molecular flexibility index (Phi) is 6.32. The van der Waals surface area contributed by atoms with E-state index in [1.165, 1.54) is 0 Å². The lowest BCUT2D eigenvalue weighted by Crippen LogP contribution is -2.29. The largest absolute Gasteiger partial charge is 0.459 e. The molecule has 3 aromatic rings. The Labute approximate surface area is 161 Å². The molecule has 2 nitrogen and oxygen atoms in total. The van der Waals surface area contributed by atoms with Gasteiger partial charge in [0.1, 0.15) is 0 Å². The quantitative estimate of drug-likeness (QED) is 0.478. The van der Waals surface area contributed by atoms with E-state index in [-0.39, 0.29) is 12.1 Å². The van der Waals surface area contributed by atoms with Crippen LogP contribution in [0.4, 0.5) is 0 Å². The number of esters is 1. The molecule has 3 aromatic carbocycles. The SMILES string of the molecule is CCC(C)OC(=O)C=P(c1ccccc1)(c1ccccc1)c1ccccc1. The normalized spacial score (nSPS) is 12.2. The molecule has 0 aliphatic heterocycles. The smallest absolute Gasteiger partial charge is 0.332 e. The van der Waals surface area contributed by atoms with E-state index in [0.717, 1.165) is 22.3 Å². The molecule has 0 heterocycles. The molecular formula is C24H25O2P. The van der Waals surface area contributed by atoms with Gasteiger partial charge < -0.3 is 4.74 Å². The van der Waals surface area contributed by atoms with Gasteiger partial charge in [-0.15, -0.1) is 0 Å². The second-order valence-electron chi connectivity index (χ2n) is 6.51. The molecule has 1 atom stereocenters. The van der Waals surface area contributed by atoms with Crippen molar-refractivity contribution in [2.45, 2.75) is 26.4 Å². The average molecular weight is 376 g/mol. The molecule has 0 N–H and O–H groups in total. The molecule has 0 amide bonds. The van der Waals surface area contributed by atoms with Crippen LogP contribution in [0.25, 0.3) is 0 Å². The minimum atomic E-state index is -2.28. The lowest BCUT2D eigenvalue weighted by molar-refractivity contribution is -0.139. The van der Waals surface area contributed by atoms with Crippen LogP contribution in [0.5, 0.6) is 0 Å². The van der Waals surface area contributed by atoms with E-state index in [1.807, 2.05) is 74.2 Å². The standard InChI is InChI=1S/C24H25O2P/c1-3-20(2)26-24(25)19-27(21-13-7-4-8-14-21,22-15-9-5-10-16-22)23-17-11-6-12-18-23/h4-20H,3H2,1-2H3. The minimum absolute atomic E-state index is 0.0991. The van der Waals surface area contributed by atoms with E-state index in [1.54, 1.807) is 0 Å². The van der Waals surface area contributed by atoms with Gasteiger partial charge in [0.2, 0.25) is 0 Å². The highest BCUT2D eigenvalue weighted by atomic mass is 31.2. The number of ether oxygens (including phenoxy) is 1. The van der Waals surface area contributed by atoms with Gasteiger partial charge in [0.15, 0.2) is 0 Å². The first-order valence-electron chi connectivity index (χ1n) is 9.29. The number of benzene rings is 3. The van der Waals surface area contributed by atoms with Crippen LogP contribution < -0.4 is 15.9 Å². The molecule has 3 heteroatoms. The second kappa shape index (κ2) is 8.88. The van der Waals surface area contributed by atoms with Crippen molar-refractivity contribution in [2.24, 2.45) is 0 Å². The van der Waals surface area contributed by atoms with Crippen molar-refractivity contribution in [3.05, 3.63) is 91.0 Å². The van der Waals surface area contributed by atoms with Crippen molar-refractivity contribution in [2.75, 3.05) is 0 Å². The molecule has 0 aromatic heterocycles. The van der Waals surface area contributed by atoms with Gasteiger partial charge in [-0.2, -0.15) is 0 Å². The van der Waals surface area contributed by atoms with Gasteiger partial charge in [-0.1, -0.05) is 97.9 Å². The second-order valence-corrected chi connectivity index (χ2v) is 9.77. The van der Waals surface area contributed by atoms with Crippen molar-refractivity contribution < 1.29 is 9.53 Å². The molecule has 0 bridgehead atoms. The summed E-state index contributed by atoms with van der Waals surface area (Å²) in [5, 5.41) is 3.43. The topological polar surface area (TPSA) is 26.3 Å². The van der Waals surface area contributed by atoms with E-state index < -0.39 is 6.89 Å². The van der Waals surface area contributed by atoms with Gasteiger partial charge in [-0.05, 0) is 36.1 Å². The summed E-state index contributed by atoms with van der Waals surface area (Å²) in [5.74, 6) is 1.58. The minimum Gasteiger partial charge on any atom is -0.459 e. The van der Waals surface area contributed by atoms with E-state index in [4.69, 9.17) is 4.74 Å². The summed E-state index contributed by atoms with van der Waals surface area (Å²) in [7, 11) is 0. The molecular weight excluding hydrogens is 351 g/mol. The Bertz CT molecular complexity index is 815. The fourth-order valence-electron chi connectivity index (χ4n) is 3.13. The maximum atomic E-state index is 12.9. The molecule has 0 aliphatic rings. The summed E-state index contributed by atoms with van der Waals surface area (Å²) in [6.07, 6.45) is 0.700. The third-order valence-corrected chi connectivity index (χ3v) is 8.62. The molecule has 0 saturated heterocycles. The molecule has 0 fully saturated rings. The lowest BCUT2D eigenvalue weighted by atomic mass is 10.3. The van der Waals surface area contributed by atoms with Gasteiger partial charge in [0.05, 0.1) is 6.10 Å². The first-order valence-corrected chi connectivity index (χ1v) is 11.1. The van der Waals surface area contributed by atoms with Crippen molar-refractivity contribution in [1.29, 1.82) is 0 Å². The highest BCUT2D eigenvalue weighted by Crippen LogP contribution is 2.43. The summed E-state index contributed by atoms with van der Waals surface area (Å²) < 4.78 is 5.65. The number of carbonyl (C=O) groups excluding carboxylic acids is 1.